The van der Waals surface area contributed by atoms with E-state index in [9.17, 15) is 9.18 Å². The van der Waals surface area contributed by atoms with Crippen molar-refractivity contribution in [2.45, 2.75) is 0 Å². The normalized spacial score (nSPS) is 10.7. The summed E-state index contributed by atoms with van der Waals surface area (Å²) in [5, 5.41) is 11.0. The Morgan fingerprint density at radius 2 is 1.70 bits per heavy atom. The van der Waals surface area contributed by atoms with Crippen molar-refractivity contribution < 1.29 is 14.3 Å². The Hall–Kier alpha value is -2.68. The summed E-state index contributed by atoms with van der Waals surface area (Å²) >= 11 is 0. The molecular weight excluding hydrogens is 255 g/mol. The van der Waals surface area contributed by atoms with Gasteiger partial charge in [0, 0.05) is 0 Å². The summed E-state index contributed by atoms with van der Waals surface area (Å²) in [6, 6.07) is 17.3. The molecule has 0 aliphatic heterocycles. The topological polar surface area (TPSA) is 37.3 Å². The first-order valence-electron chi connectivity index (χ1n) is 6.17. The Labute approximate surface area is 115 Å². The third kappa shape index (κ3) is 2.14. The fraction of sp³-hybridized carbons (Fsp3) is 0. The molecule has 0 saturated carbocycles. The zero-order chi connectivity index (χ0) is 14.1. The molecule has 3 heteroatoms. The van der Waals surface area contributed by atoms with Gasteiger partial charge in [-0.1, -0.05) is 42.5 Å². The lowest BCUT2D eigenvalue weighted by Gasteiger charge is -2.08. The van der Waals surface area contributed by atoms with E-state index in [-0.39, 0.29) is 5.56 Å². The largest absolute Gasteiger partial charge is 0.478 e. The quantitative estimate of drug-likeness (QED) is 0.749. The molecule has 0 saturated heterocycles. The number of hydrogen-bond acceptors (Lipinski definition) is 1. The van der Waals surface area contributed by atoms with Gasteiger partial charge in [-0.15, -0.1) is 0 Å². The highest BCUT2D eigenvalue weighted by atomic mass is 19.1. The maximum atomic E-state index is 13.6. The van der Waals surface area contributed by atoms with Crippen molar-refractivity contribution in [3.05, 3.63) is 72.0 Å². The fourth-order valence-corrected chi connectivity index (χ4v) is 2.35. The van der Waals surface area contributed by atoms with Crippen molar-refractivity contribution in [1.82, 2.24) is 0 Å². The predicted molar refractivity (Wildman–Crippen MR) is 76.3 cm³/mol. The van der Waals surface area contributed by atoms with Crippen LogP contribution in [-0.4, -0.2) is 11.1 Å². The lowest BCUT2D eigenvalue weighted by molar-refractivity contribution is 0.0696. The molecule has 3 rings (SSSR count). The minimum Gasteiger partial charge on any atom is -0.478 e. The van der Waals surface area contributed by atoms with Gasteiger partial charge in [-0.2, -0.15) is 0 Å². The van der Waals surface area contributed by atoms with Crippen molar-refractivity contribution in [1.29, 1.82) is 0 Å². The van der Waals surface area contributed by atoms with E-state index in [4.69, 9.17) is 5.11 Å². The molecule has 98 valence electrons. The van der Waals surface area contributed by atoms with Gasteiger partial charge in [0.05, 0.1) is 5.56 Å². The van der Waals surface area contributed by atoms with Gasteiger partial charge in [0.25, 0.3) is 0 Å². The van der Waals surface area contributed by atoms with Crippen LogP contribution >= 0.6 is 0 Å². The highest BCUT2D eigenvalue weighted by Gasteiger charge is 2.10. The SMILES string of the molecule is O=C(O)c1cc(F)cc(-c2cccc3ccccc23)c1. The lowest BCUT2D eigenvalue weighted by atomic mass is 9.97. The second-order valence-corrected chi connectivity index (χ2v) is 4.56. The maximum absolute atomic E-state index is 13.6. The number of carboxylic acid groups (broad SMARTS) is 1. The summed E-state index contributed by atoms with van der Waals surface area (Å²) in [6.45, 7) is 0. The van der Waals surface area contributed by atoms with E-state index in [2.05, 4.69) is 0 Å². The average Bonchev–Trinajstić information content (AvgIpc) is 2.46. The Morgan fingerprint density at radius 3 is 2.50 bits per heavy atom. The van der Waals surface area contributed by atoms with Gasteiger partial charge in [-0.05, 0) is 40.1 Å². The second kappa shape index (κ2) is 4.78. The van der Waals surface area contributed by atoms with Crippen molar-refractivity contribution in [3.8, 4) is 11.1 Å². The Kier molecular flexibility index (Phi) is 2.95. The van der Waals surface area contributed by atoms with Gasteiger partial charge < -0.3 is 5.11 Å². The molecule has 0 aliphatic rings. The summed E-state index contributed by atoms with van der Waals surface area (Å²) in [5.41, 5.74) is 1.34. The number of rotatable bonds is 2. The number of fused-ring (bicyclic) bond motifs is 1. The molecule has 0 spiro atoms. The van der Waals surface area contributed by atoms with Crippen LogP contribution in [0, 0.1) is 5.82 Å². The zero-order valence-electron chi connectivity index (χ0n) is 10.5. The molecule has 0 atom stereocenters. The molecule has 0 fully saturated rings. The first kappa shape index (κ1) is 12.4. The first-order valence-corrected chi connectivity index (χ1v) is 6.17. The van der Waals surface area contributed by atoms with Gasteiger partial charge in [0.15, 0.2) is 0 Å². The van der Waals surface area contributed by atoms with Gasteiger partial charge in [-0.3, -0.25) is 0 Å². The molecule has 0 amide bonds. The minimum atomic E-state index is -1.13. The molecule has 0 aromatic heterocycles. The molecule has 1 N–H and O–H groups in total. The summed E-state index contributed by atoms with van der Waals surface area (Å²) in [7, 11) is 0. The number of hydrogen-bond donors (Lipinski definition) is 1. The number of carboxylic acids is 1. The summed E-state index contributed by atoms with van der Waals surface area (Å²) in [5.74, 6) is -1.68. The number of benzene rings is 3. The fourth-order valence-electron chi connectivity index (χ4n) is 2.35. The van der Waals surface area contributed by atoms with E-state index in [0.717, 1.165) is 22.4 Å². The first-order chi connectivity index (χ1) is 9.65. The summed E-state index contributed by atoms with van der Waals surface area (Å²) < 4.78 is 13.6. The molecule has 0 radical (unpaired) electrons. The van der Waals surface area contributed by atoms with E-state index in [1.54, 1.807) is 0 Å². The van der Waals surface area contributed by atoms with Crippen LogP contribution in [0.4, 0.5) is 4.39 Å². The monoisotopic (exact) mass is 266 g/mol. The highest BCUT2D eigenvalue weighted by molar-refractivity contribution is 5.98. The minimum absolute atomic E-state index is 0.0482. The molecule has 3 aromatic carbocycles. The van der Waals surface area contributed by atoms with Crippen molar-refractivity contribution in [2.75, 3.05) is 0 Å². The van der Waals surface area contributed by atoms with Crippen molar-refractivity contribution in [3.63, 3.8) is 0 Å². The van der Waals surface area contributed by atoms with Gasteiger partial charge >= 0.3 is 5.97 Å². The van der Waals surface area contributed by atoms with Crippen molar-refractivity contribution in [2.24, 2.45) is 0 Å². The molecular formula is C17H11FO2. The predicted octanol–water partition coefficient (Wildman–Crippen LogP) is 4.34. The number of carbonyl (C=O) groups is 1. The van der Waals surface area contributed by atoms with E-state index in [0.29, 0.717) is 5.56 Å². The summed E-state index contributed by atoms with van der Waals surface area (Å²) in [4.78, 5) is 11.0. The van der Waals surface area contributed by atoms with Crippen LogP contribution in [-0.2, 0) is 0 Å². The average molecular weight is 266 g/mol. The van der Waals surface area contributed by atoms with E-state index in [1.807, 2.05) is 42.5 Å². The molecule has 0 unspecified atom stereocenters. The Balaban J connectivity index is 2.28. The van der Waals surface area contributed by atoms with Crippen LogP contribution in [0.2, 0.25) is 0 Å². The smallest absolute Gasteiger partial charge is 0.335 e. The van der Waals surface area contributed by atoms with E-state index in [1.165, 1.54) is 12.1 Å². The van der Waals surface area contributed by atoms with Crippen LogP contribution in [0.25, 0.3) is 21.9 Å². The van der Waals surface area contributed by atoms with Crippen LogP contribution in [0.1, 0.15) is 10.4 Å². The Morgan fingerprint density at radius 1 is 0.950 bits per heavy atom. The van der Waals surface area contributed by atoms with Gasteiger partial charge in [0.1, 0.15) is 5.82 Å². The van der Waals surface area contributed by atoms with Gasteiger partial charge in [-0.25, -0.2) is 9.18 Å². The molecule has 3 aromatic rings. The van der Waals surface area contributed by atoms with Gasteiger partial charge in [0.2, 0.25) is 0 Å². The second-order valence-electron chi connectivity index (χ2n) is 4.56. The van der Waals surface area contributed by atoms with Crippen molar-refractivity contribution >= 4 is 16.7 Å². The standard InChI is InChI=1S/C17H11FO2/c18-14-9-12(8-13(10-14)17(19)20)16-7-3-5-11-4-1-2-6-15(11)16/h1-10H,(H,19,20). The van der Waals surface area contributed by atoms with Crippen LogP contribution in [0.3, 0.4) is 0 Å². The molecule has 0 heterocycles. The number of halogens is 1. The Bertz CT molecular complexity index is 804. The third-order valence-electron chi connectivity index (χ3n) is 3.25. The van der Waals surface area contributed by atoms with Crippen LogP contribution in [0.15, 0.2) is 60.7 Å². The molecule has 0 aliphatic carbocycles. The zero-order valence-corrected chi connectivity index (χ0v) is 10.5. The van der Waals surface area contributed by atoms with E-state index >= 15 is 0 Å². The van der Waals surface area contributed by atoms with E-state index < -0.39 is 11.8 Å². The molecule has 20 heavy (non-hydrogen) atoms. The molecule has 2 nitrogen and oxygen atoms in total. The summed E-state index contributed by atoms with van der Waals surface area (Å²) in [6.07, 6.45) is 0. The third-order valence-corrected chi connectivity index (χ3v) is 3.25. The van der Waals surface area contributed by atoms with Crippen LogP contribution < -0.4 is 0 Å². The van der Waals surface area contributed by atoms with Crippen LogP contribution in [0.5, 0.6) is 0 Å². The molecule has 0 bridgehead atoms. The number of aromatic carboxylic acids is 1. The maximum Gasteiger partial charge on any atom is 0.335 e. The highest BCUT2D eigenvalue weighted by Crippen LogP contribution is 2.29. The lowest BCUT2D eigenvalue weighted by Crippen LogP contribution is -1.97.